The summed E-state index contributed by atoms with van der Waals surface area (Å²) < 4.78 is 0. The van der Waals surface area contributed by atoms with Crippen molar-refractivity contribution in [3.8, 4) is 18.4 Å². The number of hydrogen-bond acceptors (Lipinski definition) is 3. The molecule has 0 N–H and O–H groups in total. The molecule has 4 heteroatoms. The molecule has 3 nitrogen and oxygen atoms in total. The highest BCUT2D eigenvalue weighted by Gasteiger charge is 2.12. The minimum Gasteiger partial charge on any atom is -0.299 e. The summed E-state index contributed by atoms with van der Waals surface area (Å²) in [7, 11) is 0. The van der Waals surface area contributed by atoms with Gasteiger partial charge in [-0.2, -0.15) is 5.26 Å². The molecule has 2 aromatic carbocycles. The number of carbonyl (C=O) groups is 2. The molecule has 2 aromatic rings. The second-order valence-corrected chi connectivity index (χ2v) is 5.78. The van der Waals surface area contributed by atoms with Crippen LogP contribution in [0.2, 0.25) is 5.02 Å². The van der Waals surface area contributed by atoms with Gasteiger partial charge in [0.05, 0.1) is 23.1 Å². The van der Waals surface area contributed by atoms with Crippen molar-refractivity contribution in [2.45, 2.75) is 19.3 Å². The maximum Gasteiger partial charge on any atom is 0.144 e. The SMILES string of the molecule is C#Cc1ccc(CC(=O)CC(=O)Cc2ccc(C#N)cc2)cc1Cl. The average Bonchev–Trinajstić information content (AvgIpc) is 2.55. The van der Waals surface area contributed by atoms with Crippen LogP contribution in [-0.4, -0.2) is 11.6 Å². The van der Waals surface area contributed by atoms with Gasteiger partial charge < -0.3 is 0 Å². The molecule has 0 heterocycles. The second kappa shape index (κ2) is 8.11. The number of nitrogens with zero attached hydrogens (tertiary/aromatic N) is 1. The molecule has 0 aliphatic carbocycles. The third-order valence-electron chi connectivity index (χ3n) is 3.47. The zero-order valence-electron chi connectivity index (χ0n) is 12.9. The fourth-order valence-corrected chi connectivity index (χ4v) is 2.54. The van der Waals surface area contributed by atoms with Crippen molar-refractivity contribution in [3.05, 3.63) is 69.7 Å². The predicted octanol–water partition coefficient (Wildman–Crippen LogP) is 3.51. The molecule has 0 bridgehead atoms. The van der Waals surface area contributed by atoms with Gasteiger partial charge in [0, 0.05) is 18.4 Å². The first kappa shape index (κ1) is 17.5. The number of rotatable bonds is 6. The first-order valence-corrected chi connectivity index (χ1v) is 7.67. The molecule has 0 aliphatic rings. The summed E-state index contributed by atoms with van der Waals surface area (Å²) >= 11 is 6.01. The number of hydrogen-bond donors (Lipinski definition) is 0. The molecular formula is C20H14ClNO2. The van der Waals surface area contributed by atoms with Crippen molar-refractivity contribution in [3.63, 3.8) is 0 Å². The topological polar surface area (TPSA) is 57.9 Å². The van der Waals surface area contributed by atoms with Crippen LogP contribution in [0.15, 0.2) is 42.5 Å². The smallest absolute Gasteiger partial charge is 0.144 e. The lowest BCUT2D eigenvalue weighted by Gasteiger charge is -2.04. The number of nitriles is 1. The number of ketones is 2. The molecule has 24 heavy (non-hydrogen) atoms. The van der Waals surface area contributed by atoms with E-state index in [1.165, 1.54) is 0 Å². The van der Waals surface area contributed by atoms with Crippen LogP contribution in [0.3, 0.4) is 0 Å². The molecule has 0 aromatic heterocycles. The zero-order valence-corrected chi connectivity index (χ0v) is 13.6. The Balaban J connectivity index is 1.91. The van der Waals surface area contributed by atoms with Gasteiger partial charge in [-0.05, 0) is 35.4 Å². The van der Waals surface area contributed by atoms with Gasteiger partial charge in [0.1, 0.15) is 11.6 Å². The Hall–Kier alpha value is -2.88. The molecule has 0 radical (unpaired) electrons. The highest BCUT2D eigenvalue weighted by atomic mass is 35.5. The van der Waals surface area contributed by atoms with Crippen molar-refractivity contribution < 1.29 is 9.59 Å². The molecule has 0 unspecified atom stereocenters. The van der Waals surface area contributed by atoms with E-state index < -0.39 is 0 Å². The van der Waals surface area contributed by atoms with Crippen LogP contribution in [0.5, 0.6) is 0 Å². The van der Waals surface area contributed by atoms with E-state index >= 15 is 0 Å². The van der Waals surface area contributed by atoms with Crippen LogP contribution in [0, 0.1) is 23.7 Å². The fraction of sp³-hybridized carbons (Fsp3) is 0.150. The van der Waals surface area contributed by atoms with E-state index in [2.05, 4.69) is 5.92 Å². The standard InChI is InChI=1S/C20H14ClNO2/c1-2-17-8-7-16(11-20(17)21)10-19(24)12-18(23)9-14-3-5-15(13-22)6-4-14/h1,3-8,11H,9-10,12H2. The van der Waals surface area contributed by atoms with E-state index in [0.717, 1.165) is 11.1 Å². The van der Waals surface area contributed by atoms with Crippen LogP contribution < -0.4 is 0 Å². The lowest BCUT2D eigenvalue weighted by molar-refractivity contribution is -0.126. The van der Waals surface area contributed by atoms with E-state index in [1.807, 2.05) is 6.07 Å². The van der Waals surface area contributed by atoms with Crippen molar-refractivity contribution in [1.82, 2.24) is 0 Å². The Bertz CT molecular complexity index is 855. The fourth-order valence-electron chi connectivity index (χ4n) is 2.28. The summed E-state index contributed by atoms with van der Waals surface area (Å²) in [5.74, 6) is 2.13. The molecule has 0 atom stereocenters. The van der Waals surface area contributed by atoms with Crippen molar-refractivity contribution in [2.24, 2.45) is 0 Å². The normalized spacial score (nSPS) is 9.79. The summed E-state index contributed by atoms with van der Waals surface area (Å²) in [5, 5.41) is 9.16. The molecule has 0 amide bonds. The molecule has 2 rings (SSSR count). The minimum atomic E-state index is -0.168. The first-order valence-electron chi connectivity index (χ1n) is 7.29. The predicted molar refractivity (Wildman–Crippen MR) is 92.6 cm³/mol. The number of carbonyl (C=O) groups excluding carboxylic acids is 2. The second-order valence-electron chi connectivity index (χ2n) is 5.37. The zero-order chi connectivity index (χ0) is 17.5. The maximum atomic E-state index is 12.0. The van der Waals surface area contributed by atoms with Crippen molar-refractivity contribution >= 4 is 23.2 Å². The van der Waals surface area contributed by atoms with Gasteiger partial charge in [-0.25, -0.2) is 0 Å². The monoisotopic (exact) mass is 335 g/mol. The van der Waals surface area contributed by atoms with Gasteiger partial charge in [-0.15, -0.1) is 6.42 Å². The first-order chi connectivity index (χ1) is 11.5. The molecular weight excluding hydrogens is 322 g/mol. The van der Waals surface area contributed by atoms with E-state index in [1.54, 1.807) is 42.5 Å². The van der Waals surface area contributed by atoms with Gasteiger partial charge in [0.2, 0.25) is 0 Å². The van der Waals surface area contributed by atoms with Crippen LogP contribution in [-0.2, 0) is 22.4 Å². The number of terminal acetylenes is 1. The maximum absolute atomic E-state index is 12.0. The van der Waals surface area contributed by atoms with E-state index in [4.69, 9.17) is 23.3 Å². The molecule has 0 fully saturated rings. The van der Waals surface area contributed by atoms with Crippen LogP contribution >= 0.6 is 11.6 Å². The Kier molecular flexibility index (Phi) is 5.90. The van der Waals surface area contributed by atoms with Crippen molar-refractivity contribution in [2.75, 3.05) is 0 Å². The lowest BCUT2D eigenvalue weighted by atomic mass is 10.0. The Labute approximate surface area is 145 Å². The van der Waals surface area contributed by atoms with Crippen molar-refractivity contribution in [1.29, 1.82) is 5.26 Å². The van der Waals surface area contributed by atoms with Gasteiger partial charge in [0.15, 0.2) is 0 Å². The third-order valence-corrected chi connectivity index (χ3v) is 3.78. The summed E-state index contributed by atoms with van der Waals surface area (Å²) in [6.07, 6.45) is 5.48. The molecule has 0 saturated carbocycles. The summed E-state index contributed by atoms with van der Waals surface area (Å²) in [6, 6.07) is 13.8. The summed E-state index contributed by atoms with van der Waals surface area (Å²) in [4.78, 5) is 24.0. The highest BCUT2D eigenvalue weighted by molar-refractivity contribution is 6.31. The molecule has 0 spiro atoms. The number of halogens is 1. The van der Waals surface area contributed by atoms with E-state index in [9.17, 15) is 9.59 Å². The van der Waals surface area contributed by atoms with Gasteiger partial charge in [-0.1, -0.05) is 35.7 Å². The van der Waals surface area contributed by atoms with E-state index in [-0.39, 0.29) is 30.8 Å². The largest absolute Gasteiger partial charge is 0.299 e. The molecule has 0 saturated heterocycles. The third kappa shape index (κ3) is 4.81. The van der Waals surface area contributed by atoms with Gasteiger partial charge in [-0.3, -0.25) is 9.59 Å². The lowest BCUT2D eigenvalue weighted by Crippen LogP contribution is -2.12. The Morgan fingerprint density at radius 2 is 1.58 bits per heavy atom. The quantitative estimate of drug-likeness (QED) is 0.599. The van der Waals surface area contributed by atoms with Crippen LogP contribution in [0.1, 0.15) is 28.7 Å². The van der Waals surface area contributed by atoms with Crippen LogP contribution in [0.4, 0.5) is 0 Å². The average molecular weight is 336 g/mol. The number of benzene rings is 2. The Morgan fingerprint density at radius 1 is 1.00 bits per heavy atom. The highest BCUT2D eigenvalue weighted by Crippen LogP contribution is 2.18. The van der Waals surface area contributed by atoms with E-state index in [0.29, 0.717) is 16.1 Å². The number of Topliss-reactive ketones (excluding diaryl/α,β-unsaturated/α-hetero) is 2. The summed E-state index contributed by atoms with van der Waals surface area (Å²) in [5.41, 5.74) is 2.63. The minimum absolute atomic E-state index is 0.130. The molecule has 0 aliphatic heterocycles. The summed E-state index contributed by atoms with van der Waals surface area (Å²) in [6.45, 7) is 0. The Morgan fingerprint density at radius 3 is 2.12 bits per heavy atom. The molecule has 118 valence electrons. The van der Waals surface area contributed by atoms with Crippen LogP contribution in [0.25, 0.3) is 0 Å². The van der Waals surface area contributed by atoms with Gasteiger partial charge >= 0.3 is 0 Å². The van der Waals surface area contributed by atoms with Gasteiger partial charge in [0.25, 0.3) is 0 Å².